The van der Waals surface area contributed by atoms with E-state index in [9.17, 15) is 0 Å². The third-order valence-corrected chi connectivity index (χ3v) is 4.06. The number of nitrogens with two attached hydrogens (primary N) is 2. The van der Waals surface area contributed by atoms with Crippen molar-refractivity contribution in [2.24, 2.45) is 0 Å². The second-order valence-electron chi connectivity index (χ2n) is 3.97. The summed E-state index contributed by atoms with van der Waals surface area (Å²) in [5, 5.41) is 0. The first-order chi connectivity index (χ1) is 7.74. The maximum atomic E-state index is 5.99. The summed E-state index contributed by atoms with van der Waals surface area (Å²) in [5.74, 6) is 0. The molecule has 0 amide bonds. The van der Waals surface area contributed by atoms with Crippen LogP contribution < -0.4 is 11.5 Å². The van der Waals surface area contributed by atoms with E-state index in [0.29, 0.717) is 0 Å². The Kier molecular flexibility index (Phi) is 2.07. The number of hydrogen-bond acceptors (Lipinski definition) is 3. The summed E-state index contributed by atoms with van der Waals surface area (Å²) in [6.45, 7) is 0. The van der Waals surface area contributed by atoms with Gasteiger partial charge >= 0.3 is 0 Å². The van der Waals surface area contributed by atoms with Crippen molar-refractivity contribution in [3.8, 4) is 0 Å². The first-order valence-electron chi connectivity index (χ1n) is 5.17. The second kappa shape index (κ2) is 3.46. The standard InChI is InChI=1S/C13H12N2S/c14-9-4-5-12-8(6-9)7-10-11(15)2-1-3-13(10)16-12/h1-6H,7,14-15H2. The smallest absolute Gasteiger partial charge is 0.0361 e. The van der Waals surface area contributed by atoms with Crippen LogP contribution in [0, 0.1) is 0 Å². The van der Waals surface area contributed by atoms with Crippen LogP contribution in [0.2, 0.25) is 0 Å². The van der Waals surface area contributed by atoms with Crippen molar-refractivity contribution in [2.75, 3.05) is 11.5 Å². The average Bonchev–Trinajstić information content (AvgIpc) is 2.28. The monoisotopic (exact) mass is 228 g/mol. The van der Waals surface area contributed by atoms with E-state index in [1.165, 1.54) is 20.9 Å². The van der Waals surface area contributed by atoms with Gasteiger partial charge in [-0.1, -0.05) is 17.8 Å². The highest BCUT2D eigenvalue weighted by Crippen LogP contribution is 2.41. The first kappa shape index (κ1) is 9.60. The van der Waals surface area contributed by atoms with Gasteiger partial charge in [-0.05, 0) is 41.5 Å². The molecule has 1 heterocycles. The van der Waals surface area contributed by atoms with Crippen LogP contribution in [0.4, 0.5) is 11.4 Å². The Morgan fingerprint density at radius 3 is 2.75 bits per heavy atom. The molecule has 0 aromatic heterocycles. The summed E-state index contributed by atoms with van der Waals surface area (Å²) >= 11 is 1.77. The average molecular weight is 228 g/mol. The van der Waals surface area contributed by atoms with E-state index in [1.54, 1.807) is 11.8 Å². The van der Waals surface area contributed by atoms with Gasteiger partial charge in [0.1, 0.15) is 0 Å². The fourth-order valence-electron chi connectivity index (χ4n) is 2.01. The van der Waals surface area contributed by atoms with E-state index in [4.69, 9.17) is 11.5 Å². The molecule has 0 fully saturated rings. The van der Waals surface area contributed by atoms with Crippen LogP contribution in [0.3, 0.4) is 0 Å². The lowest BCUT2D eigenvalue weighted by molar-refractivity contribution is 1.06. The molecule has 1 aliphatic heterocycles. The molecular weight excluding hydrogens is 216 g/mol. The summed E-state index contributed by atoms with van der Waals surface area (Å²) in [5.41, 5.74) is 16.0. The van der Waals surface area contributed by atoms with Crippen LogP contribution >= 0.6 is 11.8 Å². The molecule has 0 radical (unpaired) electrons. The van der Waals surface area contributed by atoms with Crippen molar-refractivity contribution in [3.63, 3.8) is 0 Å². The van der Waals surface area contributed by atoms with E-state index >= 15 is 0 Å². The van der Waals surface area contributed by atoms with Crippen LogP contribution in [0.15, 0.2) is 46.2 Å². The minimum atomic E-state index is 0.817. The lowest BCUT2D eigenvalue weighted by Gasteiger charge is -2.20. The normalized spacial score (nSPS) is 13.0. The number of rotatable bonds is 0. The Hall–Kier alpha value is -1.61. The highest BCUT2D eigenvalue weighted by molar-refractivity contribution is 7.99. The lowest BCUT2D eigenvalue weighted by Crippen LogP contribution is -2.04. The predicted molar refractivity (Wildman–Crippen MR) is 68.6 cm³/mol. The molecule has 2 aromatic rings. The Morgan fingerprint density at radius 2 is 1.88 bits per heavy atom. The van der Waals surface area contributed by atoms with Gasteiger partial charge in [0.05, 0.1) is 0 Å². The van der Waals surface area contributed by atoms with Crippen LogP contribution in [-0.4, -0.2) is 0 Å². The zero-order valence-corrected chi connectivity index (χ0v) is 9.55. The van der Waals surface area contributed by atoms with Crippen LogP contribution in [0.1, 0.15) is 11.1 Å². The lowest BCUT2D eigenvalue weighted by atomic mass is 10.0. The molecule has 3 rings (SSSR count). The summed E-state index contributed by atoms with van der Waals surface area (Å²) in [6, 6.07) is 12.2. The first-order valence-corrected chi connectivity index (χ1v) is 5.99. The Balaban J connectivity index is 2.13. The molecule has 4 N–H and O–H groups in total. The van der Waals surface area contributed by atoms with Crippen LogP contribution in [0.5, 0.6) is 0 Å². The predicted octanol–water partition coefficient (Wildman–Crippen LogP) is 2.91. The molecule has 3 heteroatoms. The minimum absolute atomic E-state index is 0.817. The van der Waals surface area contributed by atoms with E-state index in [0.717, 1.165) is 17.8 Å². The molecule has 16 heavy (non-hydrogen) atoms. The van der Waals surface area contributed by atoms with Crippen molar-refractivity contribution in [3.05, 3.63) is 47.5 Å². The van der Waals surface area contributed by atoms with Crippen molar-refractivity contribution < 1.29 is 0 Å². The molecule has 1 aliphatic rings. The zero-order valence-electron chi connectivity index (χ0n) is 8.73. The Morgan fingerprint density at radius 1 is 1.00 bits per heavy atom. The molecule has 0 spiro atoms. The van der Waals surface area contributed by atoms with Gasteiger partial charge in [-0.2, -0.15) is 0 Å². The summed E-state index contributed by atoms with van der Waals surface area (Å²) in [4.78, 5) is 2.55. The summed E-state index contributed by atoms with van der Waals surface area (Å²) in [7, 11) is 0. The number of fused-ring (bicyclic) bond motifs is 2. The third-order valence-electron chi connectivity index (χ3n) is 2.84. The molecular formula is C13H12N2S. The number of anilines is 2. The maximum Gasteiger partial charge on any atom is 0.0361 e. The Bertz CT molecular complexity index is 564. The Labute approximate surface area is 98.7 Å². The highest BCUT2D eigenvalue weighted by Gasteiger charge is 2.17. The van der Waals surface area contributed by atoms with Gasteiger partial charge in [0.15, 0.2) is 0 Å². The van der Waals surface area contributed by atoms with E-state index in [2.05, 4.69) is 12.1 Å². The molecule has 0 unspecified atom stereocenters. The van der Waals surface area contributed by atoms with Gasteiger partial charge in [-0.3, -0.25) is 0 Å². The quantitative estimate of drug-likeness (QED) is 0.582. The summed E-state index contributed by atoms with van der Waals surface area (Å²) < 4.78 is 0. The minimum Gasteiger partial charge on any atom is -0.399 e. The fourth-order valence-corrected chi connectivity index (χ4v) is 3.11. The second-order valence-corrected chi connectivity index (χ2v) is 5.05. The van der Waals surface area contributed by atoms with Gasteiger partial charge in [0.2, 0.25) is 0 Å². The fraction of sp³-hybridized carbons (Fsp3) is 0.0769. The van der Waals surface area contributed by atoms with Gasteiger partial charge in [-0.25, -0.2) is 0 Å². The molecule has 0 saturated heterocycles. The molecule has 80 valence electrons. The van der Waals surface area contributed by atoms with E-state index in [-0.39, 0.29) is 0 Å². The maximum absolute atomic E-state index is 5.99. The van der Waals surface area contributed by atoms with Crippen LogP contribution in [-0.2, 0) is 6.42 Å². The molecule has 0 saturated carbocycles. The molecule has 2 nitrogen and oxygen atoms in total. The zero-order chi connectivity index (χ0) is 11.1. The number of nitrogen functional groups attached to an aromatic ring is 2. The van der Waals surface area contributed by atoms with Crippen molar-refractivity contribution >= 4 is 23.1 Å². The number of hydrogen-bond donors (Lipinski definition) is 2. The van der Waals surface area contributed by atoms with E-state index < -0.39 is 0 Å². The molecule has 2 aromatic carbocycles. The summed E-state index contributed by atoms with van der Waals surface area (Å²) in [6.07, 6.45) is 0.884. The molecule has 0 bridgehead atoms. The van der Waals surface area contributed by atoms with Crippen LogP contribution in [0.25, 0.3) is 0 Å². The van der Waals surface area contributed by atoms with E-state index in [1.807, 2.05) is 24.3 Å². The van der Waals surface area contributed by atoms with Crippen molar-refractivity contribution in [2.45, 2.75) is 16.2 Å². The van der Waals surface area contributed by atoms with Gasteiger partial charge in [0, 0.05) is 27.6 Å². The number of benzene rings is 2. The SMILES string of the molecule is Nc1ccc2c(c1)Cc1c(N)cccc1S2. The molecule has 0 aliphatic carbocycles. The topological polar surface area (TPSA) is 52.0 Å². The van der Waals surface area contributed by atoms with Gasteiger partial charge < -0.3 is 11.5 Å². The van der Waals surface area contributed by atoms with Crippen molar-refractivity contribution in [1.82, 2.24) is 0 Å². The largest absolute Gasteiger partial charge is 0.399 e. The van der Waals surface area contributed by atoms with Gasteiger partial charge in [-0.15, -0.1) is 0 Å². The van der Waals surface area contributed by atoms with Gasteiger partial charge in [0.25, 0.3) is 0 Å². The third kappa shape index (κ3) is 1.44. The molecule has 0 atom stereocenters. The highest BCUT2D eigenvalue weighted by atomic mass is 32.2. The van der Waals surface area contributed by atoms with Crippen molar-refractivity contribution in [1.29, 1.82) is 0 Å².